The van der Waals surface area contributed by atoms with Gasteiger partial charge in [0.2, 0.25) is 0 Å². The Morgan fingerprint density at radius 2 is 1.57 bits per heavy atom. The van der Waals surface area contributed by atoms with E-state index in [1.165, 1.54) is 0 Å². The molecule has 4 nitrogen and oxygen atoms in total. The average molecular weight is 382 g/mol. The van der Waals surface area contributed by atoms with Crippen molar-refractivity contribution in [1.29, 1.82) is 0 Å². The van der Waals surface area contributed by atoms with Crippen LogP contribution >= 0.6 is 0 Å². The quantitative estimate of drug-likeness (QED) is 0.308. The molecule has 4 heteroatoms. The van der Waals surface area contributed by atoms with Gasteiger partial charge in [-0.1, -0.05) is 27.2 Å². The maximum atomic E-state index is 12.5. The predicted octanol–water partition coefficient (Wildman–Crippen LogP) is 5.70. The Hall–Kier alpha value is -2.75. The number of nitrogen functional groups attached to an aromatic ring is 1. The lowest BCUT2D eigenvalue weighted by molar-refractivity contribution is 0.104. The third kappa shape index (κ3) is 6.15. The van der Waals surface area contributed by atoms with E-state index < -0.39 is 0 Å². The molecule has 0 aliphatic heterocycles. The Balaban J connectivity index is 2.34. The monoisotopic (exact) mass is 381 g/mol. The summed E-state index contributed by atoms with van der Waals surface area (Å²) in [6.07, 6.45) is 7.21. The van der Waals surface area contributed by atoms with E-state index in [4.69, 9.17) is 15.2 Å². The van der Waals surface area contributed by atoms with Gasteiger partial charge in [-0.3, -0.25) is 4.79 Å². The molecule has 0 fully saturated rings. The summed E-state index contributed by atoms with van der Waals surface area (Å²) < 4.78 is 11.9. The van der Waals surface area contributed by atoms with E-state index in [2.05, 4.69) is 26.8 Å². The number of nitrogens with two attached hydrogens (primary N) is 1. The maximum Gasteiger partial charge on any atom is 0.185 e. The van der Waals surface area contributed by atoms with Crippen molar-refractivity contribution in [1.82, 2.24) is 0 Å². The van der Waals surface area contributed by atoms with Gasteiger partial charge in [0.25, 0.3) is 0 Å². The summed E-state index contributed by atoms with van der Waals surface area (Å²) in [5.74, 6) is 1.55. The largest absolute Gasteiger partial charge is 0.493 e. The second kappa shape index (κ2) is 11.2. The number of ketones is 1. The van der Waals surface area contributed by atoms with E-state index >= 15 is 0 Å². The van der Waals surface area contributed by atoms with Crippen LogP contribution < -0.4 is 15.2 Å². The van der Waals surface area contributed by atoms with Gasteiger partial charge in [0, 0.05) is 22.9 Å². The van der Waals surface area contributed by atoms with E-state index in [0.29, 0.717) is 24.5 Å². The summed E-state index contributed by atoms with van der Waals surface area (Å²) in [5, 5.41) is 0. The molecule has 0 saturated carbocycles. The van der Waals surface area contributed by atoms with E-state index in [1.54, 1.807) is 30.3 Å². The Bertz CT molecular complexity index is 794. The lowest BCUT2D eigenvalue weighted by Gasteiger charge is -2.16. The van der Waals surface area contributed by atoms with Crippen LogP contribution in [-0.4, -0.2) is 19.0 Å². The molecular weight excluding hydrogens is 350 g/mol. The molecule has 0 heterocycles. The standard InChI is InChI=1S/C24H31NO3/c1-4-7-19-16-20(10-13-22(26)18-8-11-21(25)12-9-18)24(28-15-6-3)17-23(19)27-14-5-2/h8-13,16-17H,4-7,14-15,25H2,1-3H3. The van der Waals surface area contributed by atoms with E-state index in [-0.39, 0.29) is 5.78 Å². The van der Waals surface area contributed by atoms with E-state index in [9.17, 15) is 4.79 Å². The number of anilines is 1. The third-order valence-electron chi connectivity index (χ3n) is 4.25. The number of benzene rings is 2. The highest BCUT2D eigenvalue weighted by molar-refractivity contribution is 6.07. The van der Waals surface area contributed by atoms with Crippen LogP contribution in [0, 0.1) is 0 Å². The molecule has 0 spiro atoms. The molecule has 2 rings (SSSR count). The lowest BCUT2D eigenvalue weighted by atomic mass is 10.0. The van der Waals surface area contributed by atoms with Crippen molar-refractivity contribution in [3.63, 3.8) is 0 Å². The molecular formula is C24H31NO3. The van der Waals surface area contributed by atoms with Gasteiger partial charge in [-0.05, 0) is 67.3 Å². The molecule has 2 aromatic rings. The summed E-state index contributed by atoms with van der Waals surface area (Å²) >= 11 is 0. The zero-order chi connectivity index (χ0) is 20.4. The molecule has 2 N–H and O–H groups in total. The molecule has 150 valence electrons. The number of aryl methyl sites for hydroxylation is 1. The fourth-order valence-corrected chi connectivity index (χ4v) is 2.81. The summed E-state index contributed by atoms with van der Waals surface area (Å²) in [4.78, 5) is 12.5. The van der Waals surface area contributed by atoms with Crippen LogP contribution in [-0.2, 0) is 6.42 Å². The zero-order valence-electron chi connectivity index (χ0n) is 17.2. The summed E-state index contributed by atoms with van der Waals surface area (Å²) in [7, 11) is 0. The van der Waals surface area contributed by atoms with Crippen LogP contribution in [0.4, 0.5) is 5.69 Å². The SMILES string of the molecule is CCCOc1cc(OCCC)c(CCC)cc1C=CC(=O)c1ccc(N)cc1. The highest BCUT2D eigenvalue weighted by atomic mass is 16.5. The summed E-state index contributed by atoms with van der Waals surface area (Å²) in [6.45, 7) is 7.60. The van der Waals surface area contributed by atoms with Crippen molar-refractivity contribution < 1.29 is 14.3 Å². The van der Waals surface area contributed by atoms with Crippen LogP contribution in [0.1, 0.15) is 61.5 Å². The first-order valence-electron chi connectivity index (χ1n) is 10.1. The zero-order valence-corrected chi connectivity index (χ0v) is 17.2. The van der Waals surface area contributed by atoms with Crippen molar-refractivity contribution in [3.05, 3.63) is 59.2 Å². The third-order valence-corrected chi connectivity index (χ3v) is 4.25. The molecule has 0 atom stereocenters. The molecule has 0 amide bonds. The Kier molecular flexibility index (Phi) is 8.60. The fourth-order valence-electron chi connectivity index (χ4n) is 2.81. The predicted molar refractivity (Wildman–Crippen MR) is 116 cm³/mol. The van der Waals surface area contributed by atoms with Crippen molar-refractivity contribution >= 4 is 17.5 Å². The van der Waals surface area contributed by atoms with Gasteiger partial charge in [-0.25, -0.2) is 0 Å². The van der Waals surface area contributed by atoms with Crippen LogP contribution in [0.15, 0.2) is 42.5 Å². The van der Waals surface area contributed by atoms with Crippen molar-refractivity contribution in [3.8, 4) is 11.5 Å². The normalized spacial score (nSPS) is 11.0. The van der Waals surface area contributed by atoms with Crippen LogP contribution in [0.3, 0.4) is 0 Å². The summed E-state index contributed by atoms with van der Waals surface area (Å²) in [5.41, 5.74) is 8.98. The molecule has 2 aromatic carbocycles. The van der Waals surface area contributed by atoms with Gasteiger partial charge < -0.3 is 15.2 Å². The Morgan fingerprint density at radius 3 is 2.18 bits per heavy atom. The number of hydrogen-bond donors (Lipinski definition) is 1. The van der Waals surface area contributed by atoms with Gasteiger partial charge in [-0.15, -0.1) is 0 Å². The first-order valence-corrected chi connectivity index (χ1v) is 10.1. The minimum Gasteiger partial charge on any atom is -0.493 e. The van der Waals surface area contributed by atoms with Gasteiger partial charge in [-0.2, -0.15) is 0 Å². The highest BCUT2D eigenvalue weighted by Crippen LogP contribution is 2.32. The number of carbonyl (C=O) groups is 1. The fraction of sp³-hybridized carbons (Fsp3) is 0.375. The van der Waals surface area contributed by atoms with Crippen molar-refractivity contribution in [2.24, 2.45) is 0 Å². The second-order valence-electron chi connectivity index (χ2n) is 6.76. The summed E-state index contributed by atoms with van der Waals surface area (Å²) in [6, 6.07) is 11.0. The lowest BCUT2D eigenvalue weighted by Crippen LogP contribution is -2.03. The molecule has 0 saturated heterocycles. The molecule has 0 radical (unpaired) electrons. The minimum atomic E-state index is -0.0650. The van der Waals surface area contributed by atoms with Crippen LogP contribution in [0.25, 0.3) is 6.08 Å². The van der Waals surface area contributed by atoms with Gasteiger partial charge in [0.1, 0.15) is 11.5 Å². The first kappa shape index (κ1) is 21.5. The number of ether oxygens (including phenoxy) is 2. The molecule has 0 bridgehead atoms. The van der Waals surface area contributed by atoms with E-state index in [1.807, 2.05) is 12.1 Å². The molecule has 28 heavy (non-hydrogen) atoms. The highest BCUT2D eigenvalue weighted by Gasteiger charge is 2.11. The average Bonchev–Trinajstić information content (AvgIpc) is 2.70. The van der Waals surface area contributed by atoms with Crippen LogP contribution in [0.5, 0.6) is 11.5 Å². The van der Waals surface area contributed by atoms with E-state index in [0.717, 1.165) is 48.3 Å². The Labute approximate surface area is 168 Å². The number of rotatable bonds is 11. The molecule has 0 aliphatic carbocycles. The second-order valence-corrected chi connectivity index (χ2v) is 6.76. The Morgan fingerprint density at radius 1 is 0.929 bits per heavy atom. The maximum absolute atomic E-state index is 12.5. The van der Waals surface area contributed by atoms with Gasteiger partial charge in [0.05, 0.1) is 13.2 Å². The number of hydrogen-bond acceptors (Lipinski definition) is 4. The molecule has 0 aliphatic rings. The number of allylic oxidation sites excluding steroid dienone is 1. The van der Waals surface area contributed by atoms with Crippen molar-refractivity contribution in [2.75, 3.05) is 18.9 Å². The smallest absolute Gasteiger partial charge is 0.185 e. The molecule has 0 unspecified atom stereocenters. The first-order chi connectivity index (χ1) is 13.6. The number of carbonyl (C=O) groups excluding carboxylic acids is 1. The van der Waals surface area contributed by atoms with Gasteiger partial charge >= 0.3 is 0 Å². The topological polar surface area (TPSA) is 61.5 Å². The van der Waals surface area contributed by atoms with Gasteiger partial charge in [0.15, 0.2) is 5.78 Å². The van der Waals surface area contributed by atoms with Crippen molar-refractivity contribution in [2.45, 2.75) is 46.5 Å². The van der Waals surface area contributed by atoms with Crippen LogP contribution in [0.2, 0.25) is 0 Å². The minimum absolute atomic E-state index is 0.0650. The molecule has 0 aromatic heterocycles.